The maximum atomic E-state index is 13.0. The van der Waals surface area contributed by atoms with Crippen molar-refractivity contribution in [1.29, 1.82) is 0 Å². The Morgan fingerprint density at radius 1 is 1.12 bits per heavy atom. The third-order valence-corrected chi connectivity index (χ3v) is 5.18. The number of anilines is 2. The highest BCUT2D eigenvalue weighted by Crippen LogP contribution is 2.25. The molecule has 1 fully saturated rings. The van der Waals surface area contributed by atoms with Crippen LogP contribution in [0.25, 0.3) is 0 Å². The van der Waals surface area contributed by atoms with E-state index in [-0.39, 0.29) is 11.9 Å². The molecule has 0 radical (unpaired) electrons. The van der Waals surface area contributed by atoms with Crippen LogP contribution < -0.4 is 11.5 Å². The smallest absolute Gasteiger partial charge is 0.227 e. The Balaban J connectivity index is 1.80. The van der Waals surface area contributed by atoms with Gasteiger partial charge in [0.2, 0.25) is 5.91 Å². The van der Waals surface area contributed by atoms with Gasteiger partial charge in [0.05, 0.1) is 12.5 Å². The summed E-state index contributed by atoms with van der Waals surface area (Å²) in [7, 11) is 1.88. The number of carbonyl (C=O) groups excluding carboxylic acids is 1. The SMILES string of the molecule is CN(C(=O)Cc1ccccc1N)[C@@H](CN1CCCC1)c1cccc(N)c1. The summed E-state index contributed by atoms with van der Waals surface area (Å²) in [6, 6.07) is 15.4. The van der Waals surface area contributed by atoms with E-state index in [1.807, 2.05) is 54.4 Å². The van der Waals surface area contributed by atoms with Crippen LogP contribution in [-0.4, -0.2) is 42.4 Å². The Kier molecular flexibility index (Phi) is 5.78. The summed E-state index contributed by atoms with van der Waals surface area (Å²) in [6.07, 6.45) is 2.76. The summed E-state index contributed by atoms with van der Waals surface area (Å²) < 4.78 is 0. The minimum atomic E-state index is -0.0194. The molecule has 1 aliphatic rings. The molecule has 3 rings (SSSR count). The van der Waals surface area contributed by atoms with E-state index < -0.39 is 0 Å². The molecule has 2 aromatic rings. The lowest BCUT2D eigenvalue weighted by molar-refractivity contribution is -0.131. The number of amides is 1. The largest absolute Gasteiger partial charge is 0.399 e. The first kappa shape index (κ1) is 18.3. The lowest BCUT2D eigenvalue weighted by atomic mass is 10.0. The third kappa shape index (κ3) is 4.35. The number of nitrogens with two attached hydrogens (primary N) is 2. The Morgan fingerprint density at radius 2 is 1.85 bits per heavy atom. The van der Waals surface area contributed by atoms with Gasteiger partial charge in [-0.1, -0.05) is 30.3 Å². The van der Waals surface area contributed by atoms with Crippen LogP contribution in [0, 0.1) is 0 Å². The molecule has 2 aromatic carbocycles. The second-order valence-corrected chi connectivity index (χ2v) is 7.07. The van der Waals surface area contributed by atoms with Gasteiger partial charge < -0.3 is 21.3 Å². The molecule has 0 aliphatic carbocycles. The van der Waals surface area contributed by atoms with E-state index in [4.69, 9.17) is 11.5 Å². The van der Waals surface area contributed by atoms with Gasteiger partial charge in [0, 0.05) is 25.0 Å². The third-order valence-electron chi connectivity index (χ3n) is 5.18. The minimum Gasteiger partial charge on any atom is -0.399 e. The molecule has 4 N–H and O–H groups in total. The van der Waals surface area contributed by atoms with Crippen LogP contribution in [0.15, 0.2) is 48.5 Å². The van der Waals surface area contributed by atoms with Gasteiger partial charge in [-0.05, 0) is 55.3 Å². The Bertz CT molecular complexity index is 755. The monoisotopic (exact) mass is 352 g/mol. The first-order valence-electron chi connectivity index (χ1n) is 9.21. The quantitative estimate of drug-likeness (QED) is 0.784. The molecule has 1 heterocycles. The molecule has 0 spiro atoms. The summed E-state index contributed by atoms with van der Waals surface area (Å²) in [5, 5.41) is 0. The fourth-order valence-corrected chi connectivity index (χ4v) is 3.58. The lowest BCUT2D eigenvalue weighted by Gasteiger charge is -2.32. The number of likely N-dealkylation sites (tertiary alicyclic amines) is 1. The van der Waals surface area contributed by atoms with Gasteiger partial charge in [-0.15, -0.1) is 0 Å². The minimum absolute atomic E-state index is 0.0194. The van der Waals surface area contributed by atoms with Gasteiger partial charge in [0.25, 0.3) is 0 Å². The van der Waals surface area contributed by atoms with Crippen LogP contribution in [0.4, 0.5) is 11.4 Å². The second-order valence-electron chi connectivity index (χ2n) is 7.07. The molecule has 1 aliphatic heterocycles. The molecule has 5 heteroatoms. The second kappa shape index (κ2) is 8.23. The van der Waals surface area contributed by atoms with Crippen molar-refractivity contribution >= 4 is 17.3 Å². The van der Waals surface area contributed by atoms with Gasteiger partial charge in [-0.3, -0.25) is 4.79 Å². The topological polar surface area (TPSA) is 75.6 Å². The van der Waals surface area contributed by atoms with Crippen LogP contribution in [-0.2, 0) is 11.2 Å². The zero-order chi connectivity index (χ0) is 18.5. The summed E-state index contributed by atoms with van der Waals surface area (Å²) >= 11 is 0. The molecule has 5 nitrogen and oxygen atoms in total. The van der Waals surface area contributed by atoms with Gasteiger partial charge in [0.15, 0.2) is 0 Å². The molecule has 1 saturated heterocycles. The van der Waals surface area contributed by atoms with Crippen molar-refractivity contribution in [2.24, 2.45) is 0 Å². The molecule has 0 aromatic heterocycles. The number of carbonyl (C=O) groups is 1. The number of likely N-dealkylation sites (N-methyl/N-ethyl adjacent to an activating group) is 1. The van der Waals surface area contributed by atoms with E-state index in [2.05, 4.69) is 11.0 Å². The van der Waals surface area contributed by atoms with Gasteiger partial charge in [0.1, 0.15) is 0 Å². The summed E-state index contributed by atoms with van der Waals surface area (Å²) in [6.45, 7) is 3.01. The van der Waals surface area contributed by atoms with Gasteiger partial charge in [-0.2, -0.15) is 0 Å². The van der Waals surface area contributed by atoms with Crippen LogP contribution in [0.3, 0.4) is 0 Å². The maximum absolute atomic E-state index is 13.0. The number of hydrogen-bond donors (Lipinski definition) is 2. The van der Waals surface area contributed by atoms with Crippen molar-refractivity contribution in [3.05, 3.63) is 59.7 Å². The number of benzene rings is 2. The summed E-state index contributed by atoms with van der Waals surface area (Å²) in [4.78, 5) is 17.2. The first-order valence-corrected chi connectivity index (χ1v) is 9.21. The van der Waals surface area contributed by atoms with Crippen molar-refractivity contribution in [2.45, 2.75) is 25.3 Å². The Labute approximate surface area is 155 Å². The first-order chi connectivity index (χ1) is 12.5. The number of hydrogen-bond acceptors (Lipinski definition) is 4. The van der Waals surface area contributed by atoms with Crippen molar-refractivity contribution in [3.63, 3.8) is 0 Å². The number of para-hydroxylation sites is 1. The van der Waals surface area contributed by atoms with Crippen LogP contribution in [0.5, 0.6) is 0 Å². The molecule has 1 amide bonds. The van der Waals surface area contributed by atoms with Crippen molar-refractivity contribution in [2.75, 3.05) is 38.1 Å². The molecule has 0 bridgehead atoms. The van der Waals surface area contributed by atoms with E-state index in [9.17, 15) is 4.79 Å². The zero-order valence-corrected chi connectivity index (χ0v) is 15.4. The van der Waals surface area contributed by atoms with E-state index in [0.717, 1.165) is 36.4 Å². The lowest BCUT2D eigenvalue weighted by Crippen LogP contribution is -2.39. The standard InChI is InChI=1S/C21H28N4O/c1-24(21(26)14-16-7-2-3-10-19(16)23)20(15-25-11-4-5-12-25)17-8-6-9-18(22)13-17/h2-3,6-10,13,20H,4-5,11-12,14-15,22-23H2,1H3/t20-/m0/s1. The Hall–Kier alpha value is -2.53. The molecule has 138 valence electrons. The highest BCUT2D eigenvalue weighted by Gasteiger charge is 2.26. The zero-order valence-electron chi connectivity index (χ0n) is 15.4. The van der Waals surface area contributed by atoms with E-state index in [0.29, 0.717) is 12.1 Å². The van der Waals surface area contributed by atoms with Crippen LogP contribution in [0.2, 0.25) is 0 Å². The average molecular weight is 352 g/mol. The summed E-state index contributed by atoms with van der Waals surface area (Å²) in [5.41, 5.74) is 15.3. The average Bonchev–Trinajstić information content (AvgIpc) is 3.14. The van der Waals surface area contributed by atoms with Crippen LogP contribution in [0.1, 0.15) is 30.0 Å². The summed E-state index contributed by atoms with van der Waals surface area (Å²) in [5.74, 6) is 0.0644. The molecule has 0 saturated carbocycles. The predicted molar refractivity (Wildman–Crippen MR) is 107 cm³/mol. The fraction of sp³-hybridized carbons (Fsp3) is 0.381. The predicted octanol–water partition coefficient (Wildman–Crippen LogP) is 2.69. The maximum Gasteiger partial charge on any atom is 0.227 e. The molecule has 1 atom stereocenters. The molecular weight excluding hydrogens is 324 g/mol. The molecular formula is C21H28N4O. The number of nitrogen functional groups attached to an aromatic ring is 2. The van der Waals surface area contributed by atoms with Crippen LogP contribution >= 0.6 is 0 Å². The van der Waals surface area contributed by atoms with Gasteiger partial charge in [-0.25, -0.2) is 0 Å². The Morgan fingerprint density at radius 3 is 2.54 bits per heavy atom. The van der Waals surface area contributed by atoms with Crippen molar-refractivity contribution in [3.8, 4) is 0 Å². The molecule has 0 unspecified atom stereocenters. The van der Waals surface area contributed by atoms with E-state index in [1.165, 1.54) is 12.8 Å². The van der Waals surface area contributed by atoms with E-state index in [1.54, 1.807) is 0 Å². The highest BCUT2D eigenvalue weighted by molar-refractivity contribution is 5.80. The molecule has 26 heavy (non-hydrogen) atoms. The fourth-order valence-electron chi connectivity index (χ4n) is 3.58. The number of nitrogens with zero attached hydrogens (tertiary/aromatic N) is 2. The highest BCUT2D eigenvalue weighted by atomic mass is 16.2. The number of rotatable bonds is 6. The normalized spacial score (nSPS) is 15.7. The van der Waals surface area contributed by atoms with Gasteiger partial charge >= 0.3 is 0 Å². The van der Waals surface area contributed by atoms with Crippen molar-refractivity contribution < 1.29 is 4.79 Å². The van der Waals surface area contributed by atoms with E-state index >= 15 is 0 Å². The van der Waals surface area contributed by atoms with Crippen molar-refractivity contribution in [1.82, 2.24) is 9.80 Å².